The number of rotatable bonds is 6. The molecule has 2 heterocycles. The van der Waals surface area contributed by atoms with E-state index in [9.17, 15) is 9.90 Å². The Morgan fingerprint density at radius 2 is 1.79 bits per heavy atom. The fraction of sp³-hybridized carbons (Fsp3) is 0.385. The Bertz CT molecular complexity index is 1260. The van der Waals surface area contributed by atoms with Crippen LogP contribution >= 0.6 is 0 Å². The summed E-state index contributed by atoms with van der Waals surface area (Å²) < 4.78 is 12.5. The van der Waals surface area contributed by atoms with E-state index in [0.717, 1.165) is 66.0 Å². The average Bonchev–Trinajstić information content (AvgIpc) is 3.53. The average molecular weight is 463 g/mol. The maximum absolute atomic E-state index is 13.6. The molecule has 5 rings (SSSR count). The number of β-amino-alcohol motifs (C(OH)–C–C–N with tert-alkyl or cyclic N) is 1. The first-order chi connectivity index (χ1) is 16.5. The summed E-state index contributed by atoms with van der Waals surface area (Å²) in [5.41, 5.74) is 5.83. The molecule has 2 N–H and O–H groups in total. The molecule has 1 saturated heterocycles. The number of ether oxygens (including phenoxy) is 2. The molecule has 0 radical (unpaired) electrons. The number of benzene rings is 2. The number of nitrogens with one attached hydrogen (secondary N) is 1. The molecule has 0 saturated carbocycles. The van der Waals surface area contributed by atoms with Crippen LogP contribution in [0.3, 0.4) is 0 Å². The lowest BCUT2D eigenvalue weighted by Gasteiger charge is -2.21. The second-order valence-corrected chi connectivity index (χ2v) is 8.82. The fourth-order valence-corrected chi connectivity index (χ4v) is 4.99. The predicted octanol–water partition coefficient (Wildman–Crippen LogP) is 3.02. The molecular weight excluding hydrogens is 432 g/mol. The van der Waals surface area contributed by atoms with Gasteiger partial charge in [-0.2, -0.15) is 9.78 Å². The summed E-state index contributed by atoms with van der Waals surface area (Å²) in [4.78, 5) is 15.8. The Hall–Kier alpha value is -3.52. The summed E-state index contributed by atoms with van der Waals surface area (Å²) in [6.07, 6.45) is 2.88. The number of nitrogens with zero attached hydrogens (tertiary/aromatic N) is 3. The van der Waals surface area contributed by atoms with Crippen LogP contribution in [-0.2, 0) is 12.8 Å². The first-order valence-electron chi connectivity index (χ1n) is 11.7. The Morgan fingerprint density at radius 1 is 1.06 bits per heavy atom. The monoisotopic (exact) mass is 462 g/mol. The Balaban J connectivity index is 1.71. The predicted molar refractivity (Wildman–Crippen MR) is 133 cm³/mol. The molecule has 8 nitrogen and oxygen atoms in total. The van der Waals surface area contributed by atoms with Crippen molar-refractivity contribution in [2.75, 3.05) is 44.6 Å². The van der Waals surface area contributed by atoms with Gasteiger partial charge in [0.05, 0.1) is 37.4 Å². The van der Waals surface area contributed by atoms with Crippen LogP contribution in [0.1, 0.15) is 24.0 Å². The topological polar surface area (TPSA) is 88.8 Å². The number of hydrogen-bond acceptors (Lipinski definition) is 7. The van der Waals surface area contributed by atoms with Gasteiger partial charge < -0.3 is 24.8 Å². The van der Waals surface area contributed by atoms with Crippen LogP contribution in [0.5, 0.6) is 11.5 Å². The molecule has 2 aliphatic rings. The van der Waals surface area contributed by atoms with Gasteiger partial charge in [0.15, 0.2) is 0 Å². The molecule has 0 spiro atoms. The summed E-state index contributed by atoms with van der Waals surface area (Å²) in [5, 5.41) is 18.1. The number of aromatic nitrogens is 2. The van der Waals surface area contributed by atoms with E-state index in [0.29, 0.717) is 23.7 Å². The van der Waals surface area contributed by atoms with Gasteiger partial charge >= 0.3 is 0 Å². The first-order valence-corrected chi connectivity index (χ1v) is 11.7. The number of aliphatic hydroxyl groups is 1. The summed E-state index contributed by atoms with van der Waals surface area (Å²) in [5.74, 6) is 1.34. The quantitative estimate of drug-likeness (QED) is 0.582. The fourth-order valence-electron chi connectivity index (χ4n) is 4.99. The SMILES string of the molecule is CNc1ccc(N2CC[C@H](O)C2)cc1-n1nc(-c2cc(OC)cc(OC)c2)c2c(c1=O)CCC2. The van der Waals surface area contributed by atoms with Crippen molar-refractivity contribution in [2.24, 2.45) is 0 Å². The van der Waals surface area contributed by atoms with Crippen molar-refractivity contribution in [1.29, 1.82) is 0 Å². The standard InChI is InChI=1S/C26H30N4O4/c1-27-23-8-7-17(29-10-9-18(31)15-29)13-24(23)30-26(32)22-6-4-5-21(22)25(28-30)16-11-19(33-2)14-20(12-16)34-3/h7-8,11-14,18,27,31H,4-6,9-10,15H2,1-3H3/t18-/m0/s1. The third kappa shape index (κ3) is 3.88. The lowest BCUT2D eigenvalue weighted by molar-refractivity contribution is 0.198. The third-order valence-electron chi connectivity index (χ3n) is 6.79. The van der Waals surface area contributed by atoms with Crippen molar-refractivity contribution in [1.82, 2.24) is 9.78 Å². The molecule has 1 atom stereocenters. The van der Waals surface area contributed by atoms with Gasteiger partial charge in [-0.05, 0) is 61.6 Å². The zero-order chi connectivity index (χ0) is 23.8. The first kappa shape index (κ1) is 22.3. The molecule has 1 aliphatic heterocycles. The smallest absolute Gasteiger partial charge is 0.275 e. The lowest BCUT2D eigenvalue weighted by atomic mass is 10.0. The molecule has 1 fully saturated rings. The Kier molecular flexibility index (Phi) is 5.91. The Labute approximate surface area is 198 Å². The maximum atomic E-state index is 13.6. The van der Waals surface area contributed by atoms with Crippen molar-refractivity contribution >= 4 is 11.4 Å². The van der Waals surface area contributed by atoms with Gasteiger partial charge in [0.1, 0.15) is 11.5 Å². The minimum absolute atomic E-state index is 0.0822. The van der Waals surface area contributed by atoms with Gasteiger partial charge in [-0.15, -0.1) is 0 Å². The van der Waals surface area contributed by atoms with Gasteiger partial charge in [0.2, 0.25) is 0 Å². The maximum Gasteiger partial charge on any atom is 0.275 e. The molecule has 178 valence electrons. The van der Waals surface area contributed by atoms with Crippen LogP contribution in [0.25, 0.3) is 16.9 Å². The zero-order valence-corrected chi connectivity index (χ0v) is 19.8. The van der Waals surface area contributed by atoms with Crippen molar-refractivity contribution < 1.29 is 14.6 Å². The third-order valence-corrected chi connectivity index (χ3v) is 6.79. The number of fused-ring (bicyclic) bond motifs is 1. The number of anilines is 2. The molecule has 34 heavy (non-hydrogen) atoms. The molecule has 0 amide bonds. The van der Waals surface area contributed by atoms with Crippen molar-refractivity contribution in [3.05, 3.63) is 57.9 Å². The molecule has 8 heteroatoms. The van der Waals surface area contributed by atoms with E-state index < -0.39 is 0 Å². The zero-order valence-electron chi connectivity index (χ0n) is 19.8. The largest absolute Gasteiger partial charge is 0.497 e. The van der Waals surface area contributed by atoms with Gasteiger partial charge in [-0.25, -0.2) is 0 Å². The van der Waals surface area contributed by atoms with Crippen LogP contribution in [0.4, 0.5) is 11.4 Å². The van der Waals surface area contributed by atoms with Crippen LogP contribution in [0.2, 0.25) is 0 Å². The summed E-state index contributed by atoms with van der Waals surface area (Å²) in [6, 6.07) is 11.6. The molecule has 1 aliphatic carbocycles. The number of hydrogen-bond donors (Lipinski definition) is 2. The number of aliphatic hydroxyl groups excluding tert-OH is 1. The molecule has 3 aromatic rings. The molecular formula is C26H30N4O4. The van der Waals surface area contributed by atoms with E-state index in [1.54, 1.807) is 14.2 Å². The molecule has 0 unspecified atom stereocenters. The molecule has 1 aromatic heterocycles. The molecule has 0 bridgehead atoms. The minimum Gasteiger partial charge on any atom is -0.497 e. The van der Waals surface area contributed by atoms with E-state index in [1.165, 1.54) is 4.68 Å². The lowest BCUT2D eigenvalue weighted by Crippen LogP contribution is -2.27. The Morgan fingerprint density at radius 3 is 2.44 bits per heavy atom. The van der Waals surface area contributed by atoms with E-state index >= 15 is 0 Å². The summed E-state index contributed by atoms with van der Waals surface area (Å²) in [6.45, 7) is 1.36. The summed E-state index contributed by atoms with van der Waals surface area (Å²) >= 11 is 0. The van der Waals surface area contributed by atoms with Crippen LogP contribution in [0.15, 0.2) is 41.2 Å². The van der Waals surface area contributed by atoms with Gasteiger partial charge in [0.25, 0.3) is 5.56 Å². The highest BCUT2D eigenvalue weighted by Gasteiger charge is 2.26. The van der Waals surface area contributed by atoms with E-state index in [-0.39, 0.29) is 11.7 Å². The minimum atomic E-state index is -0.331. The van der Waals surface area contributed by atoms with Crippen LogP contribution in [-0.4, -0.2) is 55.3 Å². The second kappa shape index (κ2) is 9.02. The van der Waals surface area contributed by atoms with E-state index in [4.69, 9.17) is 14.6 Å². The highest BCUT2D eigenvalue weighted by atomic mass is 16.5. The van der Waals surface area contributed by atoms with Crippen molar-refractivity contribution in [3.8, 4) is 28.4 Å². The summed E-state index contributed by atoms with van der Waals surface area (Å²) in [7, 11) is 5.08. The van der Waals surface area contributed by atoms with Crippen LogP contribution in [0, 0.1) is 0 Å². The highest BCUT2D eigenvalue weighted by molar-refractivity contribution is 5.71. The van der Waals surface area contributed by atoms with E-state index in [1.807, 2.05) is 43.4 Å². The van der Waals surface area contributed by atoms with E-state index in [2.05, 4.69) is 10.2 Å². The van der Waals surface area contributed by atoms with Crippen LogP contribution < -0.4 is 25.2 Å². The van der Waals surface area contributed by atoms with Crippen molar-refractivity contribution in [2.45, 2.75) is 31.8 Å². The van der Waals surface area contributed by atoms with Crippen molar-refractivity contribution in [3.63, 3.8) is 0 Å². The van der Waals surface area contributed by atoms with Gasteiger partial charge in [-0.1, -0.05) is 0 Å². The second-order valence-electron chi connectivity index (χ2n) is 8.82. The molecule has 2 aromatic carbocycles. The normalized spacial score (nSPS) is 17.1. The van der Waals surface area contributed by atoms with Gasteiger partial charge in [-0.3, -0.25) is 4.79 Å². The highest BCUT2D eigenvalue weighted by Crippen LogP contribution is 2.35. The van der Waals surface area contributed by atoms with Gasteiger partial charge in [0, 0.05) is 43.0 Å². The number of methoxy groups -OCH3 is 2.